The zero-order chi connectivity index (χ0) is 19.4. The van der Waals surface area contributed by atoms with E-state index < -0.39 is 24.4 Å². The van der Waals surface area contributed by atoms with Crippen molar-refractivity contribution in [1.29, 1.82) is 0 Å². The lowest BCUT2D eigenvalue weighted by atomic mass is 10.00. The van der Waals surface area contributed by atoms with E-state index in [-0.39, 0.29) is 5.56 Å². The van der Waals surface area contributed by atoms with Crippen LogP contribution in [0, 0.1) is 0 Å². The van der Waals surface area contributed by atoms with E-state index in [1.54, 1.807) is 6.92 Å². The lowest BCUT2D eigenvalue weighted by Gasteiger charge is -2.23. The fraction of sp³-hybridized carbons (Fsp3) is 0.200. The molecule has 2 unspecified atom stereocenters. The molecule has 1 aromatic heterocycles. The second-order valence-corrected chi connectivity index (χ2v) is 6.05. The predicted molar refractivity (Wildman–Crippen MR) is 95.0 cm³/mol. The molecule has 0 saturated carbocycles. The fourth-order valence-electron chi connectivity index (χ4n) is 2.88. The van der Waals surface area contributed by atoms with Crippen LogP contribution in [-0.4, -0.2) is 17.3 Å². The van der Waals surface area contributed by atoms with E-state index in [0.717, 1.165) is 22.5 Å². The van der Waals surface area contributed by atoms with Crippen LogP contribution in [0.25, 0.3) is 10.8 Å². The third-order valence-electron chi connectivity index (χ3n) is 4.13. The van der Waals surface area contributed by atoms with E-state index in [9.17, 15) is 18.0 Å². The zero-order valence-electron chi connectivity index (χ0n) is 14.4. The van der Waals surface area contributed by atoms with Crippen LogP contribution in [0.4, 0.5) is 18.0 Å². The minimum atomic E-state index is -4.75. The Balaban J connectivity index is 1.77. The van der Waals surface area contributed by atoms with Gasteiger partial charge >= 0.3 is 12.3 Å². The second-order valence-electron chi connectivity index (χ2n) is 6.05. The van der Waals surface area contributed by atoms with Crippen LogP contribution in [0.5, 0.6) is 0 Å². The molecule has 0 aliphatic carbocycles. The van der Waals surface area contributed by atoms with Gasteiger partial charge in [0.15, 0.2) is 0 Å². The van der Waals surface area contributed by atoms with E-state index in [2.05, 4.69) is 10.3 Å². The Morgan fingerprint density at radius 2 is 1.81 bits per heavy atom. The van der Waals surface area contributed by atoms with Gasteiger partial charge in [-0.2, -0.15) is 13.2 Å². The highest BCUT2D eigenvalue weighted by molar-refractivity contribution is 5.86. The van der Waals surface area contributed by atoms with Crippen LogP contribution in [-0.2, 0) is 4.74 Å². The van der Waals surface area contributed by atoms with Crippen LogP contribution in [0.3, 0.4) is 0 Å². The molecule has 0 bridgehead atoms. The summed E-state index contributed by atoms with van der Waals surface area (Å²) in [5, 5.41) is 4.36. The summed E-state index contributed by atoms with van der Waals surface area (Å²) in [6, 6.07) is 15.2. The van der Waals surface area contributed by atoms with Gasteiger partial charge in [-0.1, -0.05) is 48.5 Å². The Morgan fingerprint density at radius 3 is 2.52 bits per heavy atom. The zero-order valence-corrected chi connectivity index (χ0v) is 14.4. The number of hydrogen-bond acceptors (Lipinski definition) is 3. The van der Waals surface area contributed by atoms with Gasteiger partial charge in [0.25, 0.3) is 0 Å². The van der Waals surface area contributed by atoms with Gasteiger partial charge in [0, 0.05) is 18.0 Å². The smallest absolute Gasteiger partial charge is 0.429 e. The summed E-state index contributed by atoms with van der Waals surface area (Å²) in [5.74, 6) is 0. The van der Waals surface area contributed by atoms with Crippen LogP contribution in [0.1, 0.15) is 30.2 Å². The number of ether oxygens (including phenoxy) is 1. The first kappa shape index (κ1) is 18.7. The predicted octanol–water partition coefficient (Wildman–Crippen LogP) is 5.33. The number of nitrogens with one attached hydrogen (secondary N) is 1. The molecule has 0 spiro atoms. The van der Waals surface area contributed by atoms with Crippen molar-refractivity contribution in [3.63, 3.8) is 0 Å². The number of benzene rings is 2. The summed E-state index contributed by atoms with van der Waals surface area (Å²) in [6.45, 7) is 1.69. The van der Waals surface area contributed by atoms with Gasteiger partial charge in [-0.05, 0) is 29.3 Å². The lowest BCUT2D eigenvalue weighted by Crippen LogP contribution is -2.33. The maximum Gasteiger partial charge on any atom is 0.429 e. The maximum atomic E-state index is 13.3. The van der Waals surface area contributed by atoms with Crippen molar-refractivity contribution >= 4 is 16.9 Å². The first-order valence-corrected chi connectivity index (χ1v) is 8.27. The number of alkyl carbamates (subject to hydrolysis) is 1. The number of carbonyl (C=O) groups excluding carboxylic acids is 1. The van der Waals surface area contributed by atoms with Crippen molar-refractivity contribution in [1.82, 2.24) is 10.3 Å². The number of halogens is 3. The Hall–Kier alpha value is -3.09. The SMILES string of the molecule is CC(NC(=O)OC(c1cccnc1)C(F)(F)F)c1cccc2ccccc12. The molecule has 7 heteroatoms. The number of rotatable bonds is 4. The molecule has 27 heavy (non-hydrogen) atoms. The van der Waals surface area contributed by atoms with Crippen LogP contribution >= 0.6 is 0 Å². The summed E-state index contributed by atoms with van der Waals surface area (Å²) in [7, 11) is 0. The Kier molecular flexibility index (Phi) is 5.30. The highest BCUT2D eigenvalue weighted by atomic mass is 19.4. The average Bonchev–Trinajstić information content (AvgIpc) is 2.65. The molecular weight excluding hydrogens is 357 g/mol. The normalized spacial score (nSPS) is 13.8. The van der Waals surface area contributed by atoms with Gasteiger partial charge in [-0.3, -0.25) is 4.98 Å². The van der Waals surface area contributed by atoms with E-state index in [4.69, 9.17) is 4.74 Å². The molecule has 2 atom stereocenters. The van der Waals surface area contributed by atoms with Crippen molar-refractivity contribution in [2.45, 2.75) is 25.2 Å². The number of aromatic nitrogens is 1. The van der Waals surface area contributed by atoms with E-state index >= 15 is 0 Å². The lowest BCUT2D eigenvalue weighted by molar-refractivity contribution is -0.206. The summed E-state index contributed by atoms with van der Waals surface area (Å²) in [4.78, 5) is 15.8. The molecule has 0 radical (unpaired) electrons. The number of amides is 1. The summed E-state index contributed by atoms with van der Waals surface area (Å²) >= 11 is 0. The molecule has 1 heterocycles. The van der Waals surface area contributed by atoms with Crippen molar-refractivity contribution in [2.24, 2.45) is 0 Å². The fourth-order valence-corrected chi connectivity index (χ4v) is 2.88. The molecule has 3 aromatic rings. The van der Waals surface area contributed by atoms with Gasteiger partial charge in [-0.25, -0.2) is 4.79 Å². The molecule has 140 valence electrons. The number of hydrogen-bond donors (Lipinski definition) is 1. The summed E-state index contributed by atoms with van der Waals surface area (Å²) in [5.41, 5.74) is 0.549. The Bertz CT molecular complexity index is 924. The minimum Gasteiger partial charge on any atom is -0.432 e. The third kappa shape index (κ3) is 4.36. The van der Waals surface area contributed by atoms with E-state index in [1.165, 1.54) is 18.3 Å². The summed E-state index contributed by atoms with van der Waals surface area (Å²) < 4.78 is 44.6. The second kappa shape index (κ2) is 7.65. The van der Waals surface area contributed by atoms with Crippen molar-refractivity contribution in [3.8, 4) is 0 Å². The number of alkyl halides is 3. The van der Waals surface area contributed by atoms with Crippen LogP contribution in [0.2, 0.25) is 0 Å². The Morgan fingerprint density at radius 1 is 1.07 bits per heavy atom. The van der Waals surface area contributed by atoms with Crippen molar-refractivity contribution < 1.29 is 22.7 Å². The highest BCUT2D eigenvalue weighted by Gasteiger charge is 2.44. The standard InChI is InChI=1S/C20H17F3N2O2/c1-13(16-10-4-7-14-6-2-3-9-17(14)16)25-19(26)27-18(20(21,22)23)15-8-5-11-24-12-15/h2-13,18H,1H3,(H,25,26). The van der Waals surface area contributed by atoms with Gasteiger partial charge < -0.3 is 10.1 Å². The van der Waals surface area contributed by atoms with E-state index in [1.807, 2.05) is 42.5 Å². The number of pyridine rings is 1. The largest absolute Gasteiger partial charge is 0.432 e. The molecule has 4 nitrogen and oxygen atoms in total. The molecule has 0 aliphatic heterocycles. The topological polar surface area (TPSA) is 51.2 Å². The quantitative estimate of drug-likeness (QED) is 0.672. The van der Waals surface area contributed by atoms with E-state index in [0.29, 0.717) is 0 Å². The first-order valence-electron chi connectivity index (χ1n) is 8.27. The number of nitrogens with zero attached hydrogens (tertiary/aromatic N) is 1. The summed E-state index contributed by atoms with van der Waals surface area (Å²) in [6.07, 6.45) is -5.91. The minimum absolute atomic E-state index is 0.238. The van der Waals surface area contributed by atoms with Gasteiger partial charge in [0.05, 0.1) is 6.04 Å². The molecule has 2 aromatic carbocycles. The molecule has 3 rings (SSSR count). The molecule has 1 N–H and O–H groups in total. The monoisotopic (exact) mass is 374 g/mol. The molecule has 0 aliphatic rings. The molecule has 0 fully saturated rings. The van der Waals surface area contributed by atoms with Gasteiger partial charge in [-0.15, -0.1) is 0 Å². The number of carbonyl (C=O) groups is 1. The van der Waals surface area contributed by atoms with Gasteiger partial charge in [0.1, 0.15) is 0 Å². The van der Waals surface area contributed by atoms with Gasteiger partial charge in [0.2, 0.25) is 6.10 Å². The first-order chi connectivity index (χ1) is 12.9. The average molecular weight is 374 g/mol. The maximum absolute atomic E-state index is 13.3. The molecule has 1 amide bonds. The van der Waals surface area contributed by atoms with Crippen LogP contribution < -0.4 is 5.32 Å². The van der Waals surface area contributed by atoms with Crippen LogP contribution in [0.15, 0.2) is 67.0 Å². The molecular formula is C20H17F3N2O2. The molecule has 0 saturated heterocycles. The Labute approximate surface area is 154 Å². The third-order valence-corrected chi connectivity index (χ3v) is 4.13. The number of fused-ring (bicyclic) bond motifs is 1. The highest BCUT2D eigenvalue weighted by Crippen LogP contribution is 2.35. The van der Waals surface area contributed by atoms with Crippen molar-refractivity contribution in [3.05, 3.63) is 78.1 Å². The van der Waals surface area contributed by atoms with Crippen molar-refractivity contribution in [2.75, 3.05) is 0 Å².